The summed E-state index contributed by atoms with van der Waals surface area (Å²) in [5, 5.41) is 3.66. The molecule has 2 atom stereocenters. The van der Waals surface area contributed by atoms with E-state index in [1.807, 2.05) is 12.1 Å². The highest BCUT2D eigenvalue weighted by Crippen LogP contribution is 2.38. The molecule has 1 aromatic rings. The number of halogens is 1. The van der Waals surface area contributed by atoms with Gasteiger partial charge in [-0.3, -0.25) is 0 Å². The molecule has 1 N–H and O–H groups in total. The van der Waals surface area contributed by atoms with Gasteiger partial charge in [0.25, 0.3) is 0 Å². The van der Waals surface area contributed by atoms with Gasteiger partial charge in [-0.2, -0.15) is 0 Å². The topological polar surface area (TPSA) is 12.0 Å². The second-order valence-electron chi connectivity index (χ2n) is 5.73. The predicted molar refractivity (Wildman–Crippen MR) is 74.2 cm³/mol. The molecule has 1 aliphatic carbocycles. The molecule has 0 heterocycles. The Morgan fingerprint density at radius 2 is 1.94 bits per heavy atom. The van der Waals surface area contributed by atoms with Crippen LogP contribution in [0.5, 0.6) is 0 Å². The van der Waals surface area contributed by atoms with Crippen LogP contribution in [-0.4, -0.2) is 12.1 Å². The van der Waals surface area contributed by atoms with Crippen molar-refractivity contribution in [2.24, 2.45) is 5.92 Å². The Bertz CT molecular complexity index is 384. The summed E-state index contributed by atoms with van der Waals surface area (Å²) in [5.41, 5.74) is 0.895. The van der Waals surface area contributed by atoms with Gasteiger partial charge in [0.1, 0.15) is 5.82 Å². The van der Waals surface area contributed by atoms with Crippen LogP contribution in [0, 0.1) is 11.7 Å². The number of hydrogen-bond acceptors (Lipinski definition) is 1. The van der Waals surface area contributed by atoms with Gasteiger partial charge in [0.2, 0.25) is 0 Å². The quantitative estimate of drug-likeness (QED) is 0.828. The van der Waals surface area contributed by atoms with E-state index in [1.165, 1.54) is 6.42 Å². The minimum atomic E-state index is -0.0454. The summed E-state index contributed by atoms with van der Waals surface area (Å²) in [5.74, 6) is 1.07. The lowest BCUT2D eigenvalue weighted by atomic mass is 9.75. The van der Waals surface area contributed by atoms with Crippen LogP contribution in [-0.2, 0) is 0 Å². The number of hydrogen-bond donors (Lipinski definition) is 1. The summed E-state index contributed by atoms with van der Waals surface area (Å²) in [4.78, 5) is 0. The van der Waals surface area contributed by atoms with Gasteiger partial charge >= 0.3 is 0 Å². The Morgan fingerprint density at radius 1 is 1.28 bits per heavy atom. The lowest BCUT2D eigenvalue weighted by Crippen LogP contribution is -2.46. The first kappa shape index (κ1) is 13.5. The van der Waals surface area contributed by atoms with E-state index in [-0.39, 0.29) is 5.82 Å². The molecule has 2 heteroatoms. The van der Waals surface area contributed by atoms with Crippen LogP contribution in [0.4, 0.5) is 4.39 Å². The van der Waals surface area contributed by atoms with Crippen molar-refractivity contribution < 1.29 is 4.39 Å². The first-order valence-corrected chi connectivity index (χ1v) is 7.12. The van der Waals surface area contributed by atoms with Crippen LogP contribution in [0.25, 0.3) is 0 Å². The summed E-state index contributed by atoms with van der Waals surface area (Å²) in [7, 11) is 0. The van der Waals surface area contributed by atoms with E-state index >= 15 is 0 Å². The summed E-state index contributed by atoms with van der Waals surface area (Å²) < 4.78 is 13.6. The first-order chi connectivity index (χ1) is 8.61. The standard InChI is InChI=1S/C16H24FN/c1-4-11(2)12(3)18-14-9-13(10-14)15-7-5-6-8-16(15)17/h5-8,11-14,18H,4,9-10H2,1-3H3. The van der Waals surface area contributed by atoms with E-state index in [0.717, 1.165) is 18.4 Å². The number of benzene rings is 1. The van der Waals surface area contributed by atoms with Crippen LogP contribution >= 0.6 is 0 Å². The Kier molecular flexibility index (Phi) is 4.39. The van der Waals surface area contributed by atoms with Crippen LogP contribution in [0.3, 0.4) is 0 Å². The zero-order valence-electron chi connectivity index (χ0n) is 11.6. The highest BCUT2D eigenvalue weighted by Gasteiger charge is 2.32. The molecule has 18 heavy (non-hydrogen) atoms. The van der Waals surface area contributed by atoms with Crippen molar-refractivity contribution >= 4 is 0 Å². The molecule has 1 nitrogen and oxygen atoms in total. The smallest absolute Gasteiger partial charge is 0.126 e. The van der Waals surface area contributed by atoms with Gasteiger partial charge in [-0.05, 0) is 43.2 Å². The normalized spacial score (nSPS) is 26.4. The van der Waals surface area contributed by atoms with E-state index in [1.54, 1.807) is 12.1 Å². The van der Waals surface area contributed by atoms with Crippen LogP contribution in [0.1, 0.15) is 51.5 Å². The summed E-state index contributed by atoms with van der Waals surface area (Å²) >= 11 is 0. The lowest BCUT2D eigenvalue weighted by molar-refractivity contribution is 0.238. The third kappa shape index (κ3) is 2.92. The van der Waals surface area contributed by atoms with Gasteiger partial charge in [-0.15, -0.1) is 0 Å². The van der Waals surface area contributed by atoms with E-state index in [2.05, 4.69) is 26.1 Å². The van der Waals surface area contributed by atoms with E-state index in [9.17, 15) is 4.39 Å². The molecule has 0 amide bonds. The Balaban J connectivity index is 1.82. The predicted octanol–water partition coefficient (Wildman–Crippen LogP) is 4.10. The van der Waals surface area contributed by atoms with Crippen LogP contribution in [0.15, 0.2) is 24.3 Å². The SMILES string of the molecule is CCC(C)C(C)NC1CC(c2ccccc2F)C1. The fourth-order valence-corrected chi connectivity index (χ4v) is 2.70. The molecule has 2 rings (SSSR count). The number of nitrogens with one attached hydrogen (secondary N) is 1. The Hall–Kier alpha value is -0.890. The van der Waals surface area contributed by atoms with Crippen molar-refractivity contribution in [3.8, 4) is 0 Å². The van der Waals surface area contributed by atoms with Gasteiger partial charge in [0, 0.05) is 12.1 Å². The van der Waals surface area contributed by atoms with Crippen molar-refractivity contribution in [3.05, 3.63) is 35.6 Å². The van der Waals surface area contributed by atoms with Crippen molar-refractivity contribution in [1.29, 1.82) is 0 Å². The molecule has 0 spiro atoms. The Labute approximate surface area is 110 Å². The third-order valence-electron chi connectivity index (χ3n) is 4.48. The number of rotatable bonds is 5. The minimum absolute atomic E-state index is 0.0454. The minimum Gasteiger partial charge on any atom is -0.311 e. The molecule has 1 saturated carbocycles. The van der Waals surface area contributed by atoms with E-state index < -0.39 is 0 Å². The second kappa shape index (κ2) is 5.83. The second-order valence-corrected chi connectivity index (χ2v) is 5.73. The third-order valence-corrected chi connectivity index (χ3v) is 4.48. The zero-order chi connectivity index (χ0) is 13.1. The van der Waals surface area contributed by atoms with E-state index in [4.69, 9.17) is 0 Å². The molecule has 0 bridgehead atoms. The fourth-order valence-electron chi connectivity index (χ4n) is 2.70. The van der Waals surface area contributed by atoms with Crippen LogP contribution < -0.4 is 5.32 Å². The largest absolute Gasteiger partial charge is 0.311 e. The molecule has 2 unspecified atom stereocenters. The molecule has 0 saturated heterocycles. The monoisotopic (exact) mass is 249 g/mol. The van der Waals surface area contributed by atoms with Crippen LogP contribution in [0.2, 0.25) is 0 Å². The summed E-state index contributed by atoms with van der Waals surface area (Å²) in [6.45, 7) is 6.76. The molecule has 0 aliphatic heterocycles. The lowest BCUT2D eigenvalue weighted by Gasteiger charge is -2.39. The molecule has 0 aromatic heterocycles. The van der Waals surface area contributed by atoms with E-state index in [0.29, 0.717) is 23.9 Å². The van der Waals surface area contributed by atoms with Gasteiger partial charge in [0.05, 0.1) is 0 Å². The molecule has 0 radical (unpaired) electrons. The average molecular weight is 249 g/mol. The molecular formula is C16H24FN. The molecular weight excluding hydrogens is 225 g/mol. The summed E-state index contributed by atoms with van der Waals surface area (Å²) in [6.07, 6.45) is 3.35. The molecule has 100 valence electrons. The van der Waals surface area contributed by atoms with Gasteiger partial charge in [-0.1, -0.05) is 38.5 Å². The maximum Gasteiger partial charge on any atom is 0.126 e. The Morgan fingerprint density at radius 3 is 2.56 bits per heavy atom. The summed E-state index contributed by atoms with van der Waals surface area (Å²) in [6, 6.07) is 8.31. The average Bonchev–Trinajstić information content (AvgIpc) is 2.33. The highest BCUT2D eigenvalue weighted by atomic mass is 19.1. The molecule has 1 fully saturated rings. The molecule has 1 aliphatic rings. The van der Waals surface area contributed by atoms with Gasteiger partial charge in [-0.25, -0.2) is 4.39 Å². The van der Waals surface area contributed by atoms with Crippen molar-refractivity contribution in [2.45, 2.75) is 58.0 Å². The van der Waals surface area contributed by atoms with Gasteiger partial charge in [0.15, 0.2) is 0 Å². The molecule has 1 aromatic carbocycles. The zero-order valence-corrected chi connectivity index (χ0v) is 11.6. The fraction of sp³-hybridized carbons (Fsp3) is 0.625. The maximum absolute atomic E-state index is 13.6. The van der Waals surface area contributed by atoms with Crippen molar-refractivity contribution in [1.82, 2.24) is 5.32 Å². The maximum atomic E-state index is 13.6. The van der Waals surface area contributed by atoms with Crippen molar-refractivity contribution in [2.75, 3.05) is 0 Å². The highest BCUT2D eigenvalue weighted by molar-refractivity contribution is 5.24. The van der Waals surface area contributed by atoms with Gasteiger partial charge < -0.3 is 5.32 Å². The van der Waals surface area contributed by atoms with Crippen molar-refractivity contribution in [3.63, 3.8) is 0 Å². The first-order valence-electron chi connectivity index (χ1n) is 7.12.